The summed E-state index contributed by atoms with van der Waals surface area (Å²) < 4.78 is 0. The van der Waals surface area contributed by atoms with Crippen LogP contribution in [0.2, 0.25) is 0 Å². The van der Waals surface area contributed by atoms with Crippen LogP contribution >= 0.6 is 0 Å². The van der Waals surface area contributed by atoms with Crippen LogP contribution in [0, 0.1) is 5.92 Å². The largest absolute Gasteiger partial charge is 0.316 e. The standard InChI is InChI=1S/C14H30N2/c1-5-6-13(15-4)11-16(14-7-8-14)10-9-12(2)3/h12-15H,5-11H2,1-4H3. The maximum absolute atomic E-state index is 3.46. The SMILES string of the molecule is CCCC(CN(CCC(C)C)C1CC1)NC. The van der Waals surface area contributed by atoms with E-state index in [1.54, 1.807) is 0 Å². The molecule has 2 heteroatoms. The van der Waals surface area contributed by atoms with Crippen LogP contribution in [0.5, 0.6) is 0 Å². The quantitative estimate of drug-likeness (QED) is 0.650. The monoisotopic (exact) mass is 226 g/mol. The summed E-state index contributed by atoms with van der Waals surface area (Å²) in [5.74, 6) is 0.834. The normalized spacial score (nSPS) is 18.4. The van der Waals surface area contributed by atoms with Crippen molar-refractivity contribution in [1.29, 1.82) is 0 Å². The number of nitrogens with one attached hydrogen (secondary N) is 1. The summed E-state index contributed by atoms with van der Waals surface area (Å²) in [6, 6.07) is 1.60. The lowest BCUT2D eigenvalue weighted by Gasteiger charge is -2.27. The second-order valence-corrected chi connectivity index (χ2v) is 5.68. The van der Waals surface area contributed by atoms with Crippen molar-refractivity contribution in [3.05, 3.63) is 0 Å². The molecule has 1 aliphatic carbocycles. The van der Waals surface area contributed by atoms with Gasteiger partial charge in [0.15, 0.2) is 0 Å². The summed E-state index contributed by atoms with van der Waals surface area (Å²) >= 11 is 0. The lowest BCUT2D eigenvalue weighted by molar-refractivity contribution is 0.219. The van der Waals surface area contributed by atoms with Crippen LogP contribution in [0.4, 0.5) is 0 Å². The molecule has 0 aromatic heterocycles. The molecule has 0 amide bonds. The molecule has 1 saturated carbocycles. The van der Waals surface area contributed by atoms with E-state index in [9.17, 15) is 0 Å². The number of hydrogen-bond donors (Lipinski definition) is 1. The molecule has 1 N–H and O–H groups in total. The fourth-order valence-electron chi connectivity index (χ4n) is 2.25. The predicted octanol–water partition coefficient (Wildman–Crippen LogP) is 2.89. The van der Waals surface area contributed by atoms with E-state index in [0.29, 0.717) is 6.04 Å². The lowest BCUT2D eigenvalue weighted by Crippen LogP contribution is -2.41. The fraction of sp³-hybridized carbons (Fsp3) is 1.00. The Bertz CT molecular complexity index is 176. The maximum atomic E-state index is 3.46. The molecule has 0 bridgehead atoms. The zero-order valence-electron chi connectivity index (χ0n) is 11.6. The highest BCUT2D eigenvalue weighted by Crippen LogP contribution is 2.27. The van der Waals surface area contributed by atoms with Crippen LogP contribution in [-0.2, 0) is 0 Å². The first-order chi connectivity index (χ1) is 7.67. The Labute approximate surface area is 102 Å². The van der Waals surface area contributed by atoms with Crippen molar-refractivity contribution in [2.75, 3.05) is 20.1 Å². The van der Waals surface area contributed by atoms with Gasteiger partial charge in [0.2, 0.25) is 0 Å². The third kappa shape index (κ3) is 5.31. The topological polar surface area (TPSA) is 15.3 Å². The molecule has 0 aromatic carbocycles. The smallest absolute Gasteiger partial charge is 0.0192 e. The van der Waals surface area contributed by atoms with Gasteiger partial charge in [0.25, 0.3) is 0 Å². The fourth-order valence-corrected chi connectivity index (χ4v) is 2.25. The van der Waals surface area contributed by atoms with Crippen molar-refractivity contribution >= 4 is 0 Å². The molecular formula is C14H30N2. The Morgan fingerprint density at radius 2 is 1.94 bits per heavy atom. The zero-order valence-corrected chi connectivity index (χ0v) is 11.6. The Morgan fingerprint density at radius 1 is 1.25 bits per heavy atom. The molecule has 16 heavy (non-hydrogen) atoms. The molecule has 1 fully saturated rings. The molecule has 96 valence electrons. The lowest BCUT2D eigenvalue weighted by atomic mass is 10.1. The average molecular weight is 226 g/mol. The van der Waals surface area contributed by atoms with Crippen molar-refractivity contribution in [3.63, 3.8) is 0 Å². The predicted molar refractivity (Wildman–Crippen MR) is 71.8 cm³/mol. The van der Waals surface area contributed by atoms with Gasteiger partial charge in [-0.25, -0.2) is 0 Å². The third-order valence-electron chi connectivity index (χ3n) is 3.56. The average Bonchev–Trinajstić information content (AvgIpc) is 3.06. The summed E-state index contributed by atoms with van der Waals surface area (Å²) in [7, 11) is 2.11. The van der Waals surface area contributed by atoms with E-state index in [-0.39, 0.29) is 0 Å². The summed E-state index contributed by atoms with van der Waals surface area (Å²) in [5.41, 5.74) is 0. The first-order valence-electron chi connectivity index (χ1n) is 7.08. The van der Waals surface area contributed by atoms with E-state index in [1.807, 2.05) is 0 Å². The van der Waals surface area contributed by atoms with Crippen molar-refractivity contribution in [1.82, 2.24) is 10.2 Å². The van der Waals surface area contributed by atoms with E-state index in [4.69, 9.17) is 0 Å². The molecule has 2 nitrogen and oxygen atoms in total. The highest BCUT2D eigenvalue weighted by atomic mass is 15.2. The minimum Gasteiger partial charge on any atom is -0.316 e. The van der Waals surface area contributed by atoms with Gasteiger partial charge in [-0.05, 0) is 45.2 Å². The Kier molecular flexibility index (Phi) is 6.37. The van der Waals surface area contributed by atoms with Crippen molar-refractivity contribution in [2.45, 2.75) is 65.0 Å². The number of nitrogens with zero attached hydrogens (tertiary/aromatic N) is 1. The van der Waals surface area contributed by atoms with Gasteiger partial charge in [-0.3, -0.25) is 4.90 Å². The van der Waals surface area contributed by atoms with Crippen LogP contribution in [-0.4, -0.2) is 37.1 Å². The van der Waals surface area contributed by atoms with E-state index in [2.05, 4.69) is 38.0 Å². The van der Waals surface area contributed by atoms with Gasteiger partial charge in [0, 0.05) is 18.6 Å². The van der Waals surface area contributed by atoms with E-state index in [1.165, 1.54) is 45.2 Å². The molecule has 1 rings (SSSR count). The van der Waals surface area contributed by atoms with E-state index >= 15 is 0 Å². The molecular weight excluding hydrogens is 196 g/mol. The molecule has 1 unspecified atom stereocenters. The van der Waals surface area contributed by atoms with Gasteiger partial charge in [-0.1, -0.05) is 27.2 Å². The van der Waals surface area contributed by atoms with Gasteiger partial charge in [-0.2, -0.15) is 0 Å². The Hall–Kier alpha value is -0.0800. The van der Waals surface area contributed by atoms with Crippen LogP contribution in [0.25, 0.3) is 0 Å². The van der Waals surface area contributed by atoms with Crippen LogP contribution in [0.1, 0.15) is 52.9 Å². The summed E-state index contributed by atoms with van der Waals surface area (Å²) in [6.07, 6.45) is 6.80. The minimum atomic E-state index is 0.692. The summed E-state index contributed by atoms with van der Waals surface area (Å²) in [6.45, 7) is 9.48. The van der Waals surface area contributed by atoms with Gasteiger partial charge >= 0.3 is 0 Å². The third-order valence-corrected chi connectivity index (χ3v) is 3.56. The van der Waals surface area contributed by atoms with Crippen LogP contribution in [0.3, 0.4) is 0 Å². The highest BCUT2D eigenvalue weighted by Gasteiger charge is 2.29. The first-order valence-corrected chi connectivity index (χ1v) is 7.08. The molecule has 0 aliphatic heterocycles. The molecule has 0 spiro atoms. The second-order valence-electron chi connectivity index (χ2n) is 5.68. The Balaban J connectivity index is 2.31. The zero-order chi connectivity index (χ0) is 12.0. The van der Waals surface area contributed by atoms with Crippen molar-refractivity contribution < 1.29 is 0 Å². The number of rotatable bonds is 9. The van der Waals surface area contributed by atoms with Crippen LogP contribution in [0.15, 0.2) is 0 Å². The van der Waals surface area contributed by atoms with Crippen molar-refractivity contribution in [3.8, 4) is 0 Å². The van der Waals surface area contributed by atoms with E-state index in [0.717, 1.165) is 12.0 Å². The van der Waals surface area contributed by atoms with E-state index < -0.39 is 0 Å². The molecule has 0 saturated heterocycles. The first kappa shape index (κ1) is 14.0. The van der Waals surface area contributed by atoms with Gasteiger partial charge in [-0.15, -0.1) is 0 Å². The summed E-state index contributed by atoms with van der Waals surface area (Å²) in [5, 5.41) is 3.46. The van der Waals surface area contributed by atoms with Gasteiger partial charge in [0.1, 0.15) is 0 Å². The molecule has 1 atom stereocenters. The maximum Gasteiger partial charge on any atom is 0.0192 e. The molecule has 1 aliphatic rings. The minimum absolute atomic E-state index is 0.692. The second kappa shape index (κ2) is 7.29. The molecule has 0 aromatic rings. The highest BCUT2D eigenvalue weighted by molar-refractivity contribution is 4.86. The Morgan fingerprint density at radius 3 is 2.38 bits per heavy atom. The molecule has 0 heterocycles. The number of hydrogen-bond acceptors (Lipinski definition) is 2. The van der Waals surface area contributed by atoms with Gasteiger partial charge < -0.3 is 5.32 Å². The van der Waals surface area contributed by atoms with Crippen LogP contribution < -0.4 is 5.32 Å². The number of likely N-dealkylation sites (N-methyl/N-ethyl adjacent to an activating group) is 1. The molecule has 0 radical (unpaired) electrons. The summed E-state index contributed by atoms with van der Waals surface area (Å²) in [4.78, 5) is 2.72. The van der Waals surface area contributed by atoms with Crippen molar-refractivity contribution in [2.24, 2.45) is 5.92 Å². The van der Waals surface area contributed by atoms with Gasteiger partial charge in [0.05, 0.1) is 0 Å².